The summed E-state index contributed by atoms with van der Waals surface area (Å²) in [6, 6.07) is 44.2. The Morgan fingerprint density at radius 2 is 1.00 bits per heavy atom. The van der Waals surface area contributed by atoms with E-state index in [0.717, 1.165) is 50.5 Å². The van der Waals surface area contributed by atoms with E-state index in [1.807, 2.05) is 42.5 Å². The van der Waals surface area contributed by atoms with Crippen molar-refractivity contribution >= 4 is 56.8 Å². The summed E-state index contributed by atoms with van der Waals surface area (Å²) >= 11 is 0. The molecule has 39 heavy (non-hydrogen) atoms. The molecular weight excluding hydrogens is 478 g/mol. The summed E-state index contributed by atoms with van der Waals surface area (Å²) in [7, 11) is 0. The number of rotatable bonds is 7. The van der Waals surface area contributed by atoms with Crippen LogP contribution in [0, 0.1) is 0 Å². The van der Waals surface area contributed by atoms with Gasteiger partial charge in [0, 0.05) is 33.3 Å². The fourth-order valence-corrected chi connectivity index (χ4v) is 5.19. The number of anilines is 3. The summed E-state index contributed by atoms with van der Waals surface area (Å²) in [5.74, 6) is -0.204. The summed E-state index contributed by atoms with van der Waals surface area (Å²) in [6.07, 6.45) is 4.18. The molecule has 0 aromatic heterocycles. The van der Waals surface area contributed by atoms with Gasteiger partial charge in [-0.05, 0) is 52.8 Å². The van der Waals surface area contributed by atoms with E-state index in [4.69, 9.17) is 0 Å². The Labute approximate surface area is 227 Å². The molecule has 0 saturated carbocycles. The van der Waals surface area contributed by atoms with Crippen LogP contribution in [0.5, 0.6) is 0 Å². The average Bonchev–Trinajstić information content (AvgIpc) is 3.01. The molecule has 3 nitrogen and oxygen atoms in total. The normalized spacial score (nSPS) is 11.2. The number of carbonyl (C=O) groups is 2. The van der Waals surface area contributed by atoms with Gasteiger partial charge in [-0.1, -0.05) is 109 Å². The minimum Gasteiger partial charge on any atom is -0.309 e. The first-order valence-electron chi connectivity index (χ1n) is 12.9. The third-order valence-electron chi connectivity index (χ3n) is 6.95. The minimum absolute atomic E-state index is 0.204. The predicted molar refractivity (Wildman–Crippen MR) is 161 cm³/mol. The van der Waals surface area contributed by atoms with Crippen LogP contribution in [0.4, 0.5) is 17.1 Å². The van der Waals surface area contributed by atoms with Crippen LogP contribution in [-0.2, 0) is 0 Å². The van der Waals surface area contributed by atoms with Crippen LogP contribution < -0.4 is 4.90 Å². The van der Waals surface area contributed by atoms with Gasteiger partial charge in [0.25, 0.3) is 0 Å². The number of nitrogens with zero attached hydrogens (tertiary/aromatic N) is 1. The zero-order valence-corrected chi connectivity index (χ0v) is 21.2. The maximum atomic E-state index is 13.2. The van der Waals surface area contributed by atoms with Gasteiger partial charge in [-0.25, -0.2) is 0 Å². The second-order valence-electron chi connectivity index (χ2n) is 9.26. The van der Waals surface area contributed by atoms with Crippen molar-refractivity contribution < 1.29 is 9.59 Å². The zero-order valence-electron chi connectivity index (χ0n) is 21.2. The van der Waals surface area contributed by atoms with Gasteiger partial charge < -0.3 is 4.90 Å². The van der Waals surface area contributed by atoms with Crippen LogP contribution >= 0.6 is 0 Å². The standard InChI is InChI=1S/C36H25NO2/c38-25-26-13-7-8-18-29(26)35(39)24-23-32-30-19-9-11-21-33(30)36(34-22-12-10-20-31(32)34)37(27-14-3-1-4-15-27)28-16-5-2-6-17-28/h1-25H/b24-23-. The summed E-state index contributed by atoms with van der Waals surface area (Å²) in [5.41, 5.74) is 4.94. The Morgan fingerprint density at radius 1 is 0.538 bits per heavy atom. The lowest BCUT2D eigenvalue weighted by atomic mass is 9.92. The molecule has 0 aliphatic rings. The maximum absolute atomic E-state index is 13.2. The number of ketones is 1. The second-order valence-corrected chi connectivity index (χ2v) is 9.26. The smallest absolute Gasteiger partial charge is 0.186 e. The number of benzene rings is 6. The number of para-hydroxylation sites is 2. The monoisotopic (exact) mass is 503 g/mol. The molecule has 0 fully saturated rings. The van der Waals surface area contributed by atoms with Crippen molar-refractivity contribution in [2.24, 2.45) is 0 Å². The lowest BCUT2D eigenvalue weighted by molar-refractivity contribution is 0.103. The molecule has 0 amide bonds. The molecule has 3 heteroatoms. The first kappa shape index (κ1) is 24.1. The van der Waals surface area contributed by atoms with E-state index in [2.05, 4.69) is 77.7 Å². The van der Waals surface area contributed by atoms with Crippen LogP contribution in [0.2, 0.25) is 0 Å². The third-order valence-corrected chi connectivity index (χ3v) is 6.95. The van der Waals surface area contributed by atoms with Crippen molar-refractivity contribution in [2.45, 2.75) is 0 Å². The van der Waals surface area contributed by atoms with E-state index < -0.39 is 0 Å². The lowest BCUT2D eigenvalue weighted by Gasteiger charge is -2.29. The van der Waals surface area contributed by atoms with Crippen LogP contribution in [0.1, 0.15) is 26.3 Å². The van der Waals surface area contributed by atoms with Gasteiger partial charge in [0.05, 0.1) is 5.69 Å². The number of aldehydes is 1. The number of hydrogen-bond acceptors (Lipinski definition) is 3. The minimum atomic E-state index is -0.204. The zero-order chi connectivity index (χ0) is 26.6. The van der Waals surface area contributed by atoms with E-state index in [-0.39, 0.29) is 5.78 Å². The molecule has 0 radical (unpaired) electrons. The molecule has 6 aromatic rings. The second kappa shape index (κ2) is 10.6. The first-order chi connectivity index (χ1) is 19.3. The number of fused-ring (bicyclic) bond motifs is 2. The van der Waals surface area contributed by atoms with Crippen molar-refractivity contribution in [3.8, 4) is 0 Å². The maximum Gasteiger partial charge on any atom is 0.186 e. The largest absolute Gasteiger partial charge is 0.309 e. The van der Waals surface area contributed by atoms with E-state index in [1.54, 1.807) is 30.3 Å². The van der Waals surface area contributed by atoms with Crippen molar-refractivity contribution in [3.63, 3.8) is 0 Å². The quantitative estimate of drug-likeness (QED) is 0.0943. The Balaban J connectivity index is 1.61. The van der Waals surface area contributed by atoms with Gasteiger partial charge in [0.2, 0.25) is 0 Å². The fraction of sp³-hybridized carbons (Fsp3) is 0. The van der Waals surface area contributed by atoms with Gasteiger partial charge in [0.15, 0.2) is 12.1 Å². The molecule has 6 rings (SSSR count). The summed E-state index contributed by atoms with van der Waals surface area (Å²) in [5, 5.41) is 4.22. The Hall–Kier alpha value is -5.28. The van der Waals surface area contributed by atoms with Crippen LogP contribution in [0.15, 0.2) is 140 Å². The molecule has 0 saturated heterocycles. The molecule has 186 valence electrons. The molecular formula is C36H25NO2. The average molecular weight is 504 g/mol. The fourth-order valence-electron chi connectivity index (χ4n) is 5.19. The molecule has 0 unspecified atom stereocenters. The van der Waals surface area contributed by atoms with Crippen molar-refractivity contribution in [3.05, 3.63) is 156 Å². The van der Waals surface area contributed by atoms with E-state index in [9.17, 15) is 9.59 Å². The Morgan fingerprint density at radius 3 is 1.54 bits per heavy atom. The number of allylic oxidation sites excluding steroid dienone is 1. The molecule has 0 spiro atoms. The van der Waals surface area contributed by atoms with E-state index >= 15 is 0 Å². The number of carbonyl (C=O) groups excluding carboxylic acids is 2. The van der Waals surface area contributed by atoms with Gasteiger partial charge in [-0.15, -0.1) is 0 Å². The van der Waals surface area contributed by atoms with Gasteiger partial charge >= 0.3 is 0 Å². The first-order valence-corrected chi connectivity index (χ1v) is 12.9. The molecule has 0 bridgehead atoms. The topological polar surface area (TPSA) is 37.4 Å². The molecule has 0 atom stereocenters. The Kier molecular flexibility index (Phi) is 6.55. The molecule has 0 aliphatic carbocycles. The summed E-state index contributed by atoms with van der Waals surface area (Å²) in [4.78, 5) is 27.0. The molecule has 6 aromatic carbocycles. The molecule has 0 N–H and O–H groups in total. The Bertz CT molecular complexity index is 1740. The van der Waals surface area contributed by atoms with Crippen LogP contribution in [0.3, 0.4) is 0 Å². The molecule has 0 heterocycles. The van der Waals surface area contributed by atoms with Crippen molar-refractivity contribution in [1.29, 1.82) is 0 Å². The molecule has 0 aliphatic heterocycles. The van der Waals surface area contributed by atoms with Crippen molar-refractivity contribution in [2.75, 3.05) is 4.90 Å². The summed E-state index contributed by atoms with van der Waals surface area (Å²) < 4.78 is 0. The van der Waals surface area contributed by atoms with E-state index in [0.29, 0.717) is 11.1 Å². The lowest BCUT2D eigenvalue weighted by Crippen LogP contribution is -2.11. The predicted octanol–water partition coefficient (Wildman–Crippen LogP) is 9.17. The SMILES string of the molecule is O=Cc1ccccc1C(=O)/C=C\c1c2ccccc2c(N(c2ccccc2)c2ccccc2)c2ccccc12. The highest BCUT2D eigenvalue weighted by Gasteiger charge is 2.20. The van der Waals surface area contributed by atoms with E-state index in [1.165, 1.54) is 0 Å². The van der Waals surface area contributed by atoms with Gasteiger partial charge in [0.1, 0.15) is 0 Å². The van der Waals surface area contributed by atoms with Crippen LogP contribution in [0.25, 0.3) is 27.6 Å². The van der Waals surface area contributed by atoms with Gasteiger partial charge in [-0.3, -0.25) is 9.59 Å². The number of hydrogen-bond donors (Lipinski definition) is 0. The summed E-state index contributed by atoms with van der Waals surface area (Å²) in [6.45, 7) is 0. The third kappa shape index (κ3) is 4.51. The highest BCUT2D eigenvalue weighted by molar-refractivity contribution is 6.20. The van der Waals surface area contributed by atoms with Crippen LogP contribution in [-0.4, -0.2) is 12.1 Å². The van der Waals surface area contributed by atoms with Crippen molar-refractivity contribution in [1.82, 2.24) is 0 Å². The van der Waals surface area contributed by atoms with Gasteiger partial charge in [-0.2, -0.15) is 0 Å². The highest BCUT2D eigenvalue weighted by atomic mass is 16.1. The highest BCUT2D eigenvalue weighted by Crippen LogP contribution is 2.45.